The third-order valence-corrected chi connectivity index (χ3v) is 9.23. The van der Waals surface area contributed by atoms with Gasteiger partial charge in [0.25, 0.3) is 0 Å². The van der Waals surface area contributed by atoms with Crippen molar-refractivity contribution in [1.82, 2.24) is 0 Å². The third kappa shape index (κ3) is 5.44. The number of hydrogen-bond acceptors (Lipinski definition) is 8. The van der Waals surface area contributed by atoms with Gasteiger partial charge in [0, 0.05) is 0 Å². The van der Waals surface area contributed by atoms with Gasteiger partial charge in [0.15, 0.2) is 8.32 Å². The van der Waals surface area contributed by atoms with E-state index in [2.05, 4.69) is 4.18 Å². The summed E-state index contributed by atoms with van der Waals surface area (Å²) in [6.07, 6.45) is -7.98. The number of rotatable bonds is 5. The van der Waals surface area contributed by atoms with Crippen LogP contribution in [0.5, 0.6) is 0 Å². The van der Waals surface area contributed by atoms with Crippen molar-refractivity contribution in [1.29, 1.82) is 0 Å². The van der Waals surface area contributed by atoms with Crippen molar-refractivity contribution in [2.45, 2.75) is 69.6 Å². The molecule has 0 saturated carbocycles. The second-order valence-electron chi connectivity index (χ2n) is 7.11. The van der Waals surface area contributed by atoms with Gasteiger partial charge in [-0.1, -0.05) is 20.8 Å². The van der Waals surface area contributed by atoms with Crippen LogP contribution in [-0.4, -0.2) is 73.9 Å². The Bertz CT molecular complexity index is 501. The molecule has 4 N–H and O–H groups in total. The first-order valence-corrected chi connectivity index (χ1v) is 11.4. The van der Waals surface area contributed by atoms with E-state index >= 15 is 0 Å². The molecule has 11 heteroatoms. The van der Waals surface area contributed by atoms with E-state index in [1.165, 1.54) is 0 Å². The second kappa shape index (κ2) is 7.02. The highest BCUT2D eigenvalue weighted by Gasteiger charge is 2.47. The molecular formula is C12H26O9SSi. The van der Waals surface area contributed by atoms with Crippen molar-refractivity contribution < 1.29 is 41.6 Å². The van der Waals surface area contributed by atoms with Gasteiger partial charge in [0.05, 0.1) is 6.61 Å². The summed E-state index contributed by atoms with van der Waals surface area (Å²) in [4.78, 5) is 0. The standard InChI is InChI=1S/C12H26O9SSi/c1-12(2,3)23(4,5)19-6-7-8(13)9(14)10(15)11(20-7)21-22(16,17)18/h7-11,13-15H,6H2,1-5H3,(H,16,17,18)/t7-,8-,9+,10-,11+/m1/s1. The van der Waals surface area contributed by atoms with Gasteiger partial charge in [0.1, 0.15) is 24.4 Å². The first kappa shape index (κ1) is 20.9. The summed E-state index contributed by atoms with van der Waals surface area (Å²) >= 11 is 0. The molecule has 0 bridgehead atoms. The van der Waals surface area contributed by atoms with Crippen LogP contribution < -0.4 is 0 Å². The maximum atomic E-state index is 10.8. The van der Waals surface area contributed by atoms with Crippen LogP contribution in [0, 0.1) is 0 Å². The van der Waals surface area contributed by atoms with Crippen LogP contribution in [-0.2, 0) is 23.7 Å². The molecule has 5 atom stereocenters. The molecular weight excluding hydrogens is 348 g/mol. The van der Waals surface area contributed by atoms with E-state index < -0.39 is 49.4 Å². The van der Waals surface area contributed by atoms with Crippen LogP contribution in [0.15, 0.2) is 0 Å². The van der Waals surface area contributed by atoms with E-state index in [-0.39, 0.29) is 11.6 Å². The summed E-state index contributed by atoms with van der Waals surface area (Å²) in [5.41, 5.74) is 0. The molecule has 1 heterocycles. The van der Waals surface area contributed by atoms with Crippen LogP contribution in [0.4, 0.5) is 0 Å². The first-order chi connectivity index (χ1) is 10.2. The lowest BCUT2D eigenvalue weighted by Gasteiger charge is -2.42. The molecule has 0 radical (unpaired) electrons. The highest BCUT2D eigenvalue weighted by atomic mass is 32.3. The van der Waals surface area contributed by atoms with Gasteiger partial charge in [-0.25, -0.2) is 4.18 Å². The molecule has 0 unspecified atom stereocenters. The van der Waals surface area contributed by atoms with Gasteiger partial charge in [-0.15, -0.1) is 0 Å². The van der Waals surface area contributed by atoms with Crippen LogP contribution in [0.1, 0.15) is 20.8 Å². The van der Waals surface area contributed by atoms with Gasteiger partial charge in [-0.3, -0.25) is 4.55 Å². The summed E-state index contributed by atoms with van der Waals surface area (Å²) in [5.74, 6) is 0. The maximum Gasteiger partial charge on any atom is 0.399 e. The largest absolute Gasteiger partial charge is 0.414 e. The minimum atomic E-state index is -4.90. The summed E-state index contributed by atoms with van der Waals surface area (Å²) < 4.78 is 45.4. The Labute approximate surface area is 137 Å². The Kier molecular flexibility index (Phi) is 6.39. The smallest absolute Gasteiger partial charge is 0.399 e. The van der Waals surface area contributed by atoms with Crippen molar-refractivity contribution in [2.24, 2.45) is 0 Å². The van der Waals surface area contributed by atoms with Gasteiger partial charge in [0.2, 0.25) is 6.29 Å². The summed E-state index contributed by atoms with van der Waals surface area (Å²) in [7, 11) is -7.07. The molecule has 0 aromatic rings. The maximum absolute atomic E-state index is 10.8. The predicted molar refractivity (Wildman–Crippen MR) is 82.5 cm³/mol. The molecule has 1 aliphatic rings. The molecule has 0 spiro atoms. The fourth-order valence-corrected chi connectivity index (χ4v) is 3.17. The predicted octanol–water partition coefficient (Wildman–Crippen LogP) is -0.365. The topological polar surface area (TPSA) is 143 Å². The van der Waals surface area contributed by atoms with Crippen molar-refractivity contribution in [3.05, 3.63) is 0 Å². The van der Waals surface area contributed by atoms with E-state index in [0.29, 0.717) is 0 Å². The molecule has 138 valence electrons. The molecule has 0 aliphatic carbocycles. The van der Waals surface area contributed by atoms with Crippen LogP contribution in [0.2, 0.25) is 18.1 Å². The Hall–Kier alpha value is -0.113. The molecule has 0 amide bonds. The van der Waals surface area contributed by atoms with Gasteiger partial charge in [-0.2, -0.15) is 8.42 Å². The van der Waals surface area contributed by atoms with Gasteiger partial charge < -0.3 is 24.5 Å². The van der Waals surface area contributed by atoms with Crippen molar-refractivity contribution in [3.63, 3.8) is 0 Å². The molecule has 23 heavy (non-hydrogen) atoms. The Morgan fingerprint density at radius 1 is 1.09 bits per heavy atom. The van der Waals surface area contributed by atoms with Gasteiger partial charge >= 0.3 is 10.4 Å². The van der Waals surface area contributed by atoms with Crippen molar-refractivity contribution in [3.8, 4) is 0 Å². The van der Waals surface area contributed by atoms with Crippen LogP contribution in [0.3, 0.4) is 0 Å². The Morgan fingerprint density at radius 3 is 2.04 bits per heavy atom. The normalized spacial score (nSPS) is 33.7. The van der Waals surface area contributed by atoms with E-state index in [1.54, 1.807) is 0 Å². The number of ether oxygens (including phenoxy) is 1. The van der Waals surface area contributed by atoms with Crippen LogP contribution >= 0.6 is 0 Å². The average Bonchev–Trinajstić information content (AvgIpc) is 2.35. The number of aliphatic hydroxyl groups excluding tert-OH is 3. The lowest BCUT2D eigenvalue weighted by atomic mass is 9.99. The number of hydrogen-bond donors (Lipinski definition) is 4. The zero-order valence-electron chi connectivity index (χ0n) is 13.8. The molecule has 0 aromatic heterocycles. The van der Waals surface area contributed by atoms with E-state index in [4.69, 9.17) is 13.7 Å². The fourth-order valence-electron chi connectivity index (χ4n) is 1.76. The third-order valence-electron chi connectivity index (χ3n) is 4.30. The van der Waals surface area contributed by atoms with Gasteiger partial charge in [-0.05, 0) is 18.1 Å². The van der Waals surface area contributed by atoms with Crippen molar-refractivity contribution >= 4 is 18.7 Å². The molecule has 0 aromatic carbocycles. The molecule has 1 rings (SSSR count). The summed E-state index contributed by atoms with van der Waals surface area (Å²) in [6.45, 7) is 9.87. The Balaban J connectivity index is 2.81. The lowest BCUT2D eigenvalue weighted by molar-refractivity contribution is -0.276. The molecule has 1 aliphatic heterocycles. The van der Waals surface area contributed by atoms with Crippen molar-refractivity contribution in [2.75, 3.05) is 6.61 Å². The molecule has 9 nitrogen and oxygen atoms in total. The minimum Gasteiger partial charge on any atom is -0.414 e. The molecule has 1 fully saturated rings. The second-order valence-corrected chi connectivity index (χ2v) is 13.0. The minimum absolute atomic E-state index is 0.102. The number of aliphatic hydroxyl groups is 3. The first-order valence-electron chi connectivity index (χ1n) is 7.15. The Morgan fingerprint density at radius 2 is 1.61 bits per heavy atom. The SMILES string of the molecule is CC(C)(C)[Si](C)(C)OC[C@H]1O[C@@H](OS(=O)(=O)O)[C@H](O)[C@@H](O)[C@@H]1O. The summed E-state index contributed by atoms with van der Waals surface area (Å²) in [5, 5.41) is 29.3. The average molecular weight is 374 g/mol. The highest BCUT2D eigenvalue weighted by Crippen LogP contribution is 2.37. The zero-order valence-corrected chi connectivity index (χ0v) is 15.6. The quantitative estimate of drug-likeness (QED) is 0.374. The monoisotopic (exact) mass is 374 g/mol. The molecule has 1 saturated heterocycles. The van der Waals surface area contributed by atoms with E-state index in [9.17, 15) is 23.7 Å². The fraction of sp³-hybridized carbons (Fsp3) is 1.00. The lowest BCUT2D eigenvalue weighted by Crippen LogP contribution is -2.60. The zero-order chi connectivity index (χ0) is 18.2. The van der Waals surface area contributed by atoms with E-state index in [0.717, 1.165) is 0 Å². The highest BCUT2D eigenvalue weighted by molar-refractivity contribution is 7.80. The van der Waals surface area contributed by atoms with Crippen LogP contribution in [0.25, 0.3) is 0 Å². The van der Waals surface area contributed by atoms with E-state index in [1.807, 2.05) is 33.9 Å². The summed E-state index contributed by atoms with van der Waals surface area (Å²) in [6, 6.07) is 0.